The summed E-state index contributed by atoms with van der Waals surface area (Å²) >= 11 is 1.27. The maximum absolute atomic E-state index is 13.3. The second-order valence-electron chi connectivity index (χ2n) is 6.99. The van der Waals surface area contributed by atoms with E-state index in [4.69, 9.17) is 4.74 Å². The molecule has 0 N–H and O–H groups in total. The van der Waals surface area contributed by atoms with Crippen LogP contribution in [0.15, 0.2) is 70.9 Å². The number of carbonyl (C=O) groups excluding carboxylic acids is 2. The molecular weight excluding hydrogens is 422 g/mol. The van der Waals surface area contributed by atoms with Gasteiger partial charge < -0.3 is 4.74 Å². The summed E-state index contributed by atoms with van der Waals surface area (Å²) in [6.07, 6.45) is 0.627. The molecule has 0 fully saturated rings. The number of esters is 1. The fourth-order valence-electron chi connectivity index (χ4n) is 3.52. The van der Waals surface area contributed by atoms with E-state index in [0.29, 0.717) is 17.0 Å². The zero-order valence-electron chi connectivity index (χ0n) is 16.1. The second kappa shape index (κ2) is 8.04. The minimum atomic E-state index is -3.86. The van der Waals surface area contributed by atoms with Crippen molar-refractivity contribution in [1.82, 2.24) is 0 Å². The molecule has 0 unspecified atom stereocenters. The number of para-hydroxylation sites is 1. The Morgan fingerprint density at radius 2 is 1.90 bits per heavy atom. The molecule has 2 heterocycles. The van der Waals surface area contributed by atoms with Crippen molar-refractivity contribution in [1.29, 1.82) is 0 Å². The molecule has 1 aliphatic rings. The lowest BCUT2D eigenvalue weighted by Gasteiger charge is -2.24. The van der Waals surface area contributed by atoms with Crippen LogP contribution in [0.25, 0.3) is 0 Å². The maximum atomic E-state index is 13.3. The van der Waals surface area contributed by atoms with E-state index in [1.165, 1.54) is 39.9 Å². The molecule has 4 rings (SSSR count). The highest BCUT2D eigenvalue weighted by Crippen LogP contribution is 2.36. The molecular formula is C22H19NO5S2. The number of anilines is 1. The van der Waals surface area contributed by atoms with Crippen LogP contribution < -0.4 is 4.31 Å². The fourth-order valence-corrected chi connectivity index (χ4v) is 5.91. The van der Waals surface area contributed by atoms with E-state index in [2.05, 4.69) is 0 Å². The molecule has 0 aliphatic carbocycles. The van der Waals surface area contributed by atoms with Gasteiger partial charge in [0.2, 0.25) is 5.78 Å². The summed E-state index contributed by atoms with van der Waals surface area (Å²) in [6.45, 7) is 1.46. The van der Waals surface area contributed by atoms with Crippen LogP contribution in [-0.4, -0.2) is 32.8 Å². The molecule has 6 nitrogen and oxygen atoms in total. The number of Topliss-reactive ketones (excluding diaryl/α,β-unsaturated/α-hetero) is 1. The van der Waals surface area contributed by atoms with Gasteiger partial charge in [0.05, 0.1) is 21.0 Å². The number of benzene rings is 2. The molecule has 0 bridgehead atoms. The van der Waals surface area contributed by atoms with Crippen molar-refractivity contribution < 1.29 is 22.7 Å². The van der Waals surface area contributed by atoms with Crippen molar-refractivity contribution in [3.05, 3.63) is 82.0 Å². The van der Waals surface area contributed by atoms with Crippen molar-refractivity contribution in [3.63, 3.8) is 0 Å². The molecule has 30 heavy (non-hydrogen) atoms. The topological polar surface area (TPSA) is 80.8 Å². The Bertz CT molecular complexity index is 1200. The number of hydrogen-bond acceptors (Lipinski definition) is 6. The van der Waals surface area contributed by atoms with Crippen LogP contribution in [0.4, 0.5) is 5.69 Å². The molecule has 0 saturated carbocycles. The van der Waals surface area contributed by atoms with Gasteiger partial charge >= 0.3 is 5.97 Å². The van der Waals surface area contributed by atoms with E-state index in [0.717, 1.165) is 5.56 Å². The first-order valence-corrected chi connectivity index (χ1v) is 11.7. The van der Waals surface area contributed by atoms with Crippen molar-refractivity contribution in [2.75, 3.05) is 10.9 Å². The van der Waals surface area contributed by atoms with Crippen molar-refractivity contribution in [2.24, 2.45) is 0 Å². The van der Waals surface area contributed by atoms with Gasteiger partial charge in [-0.2, -0.15) is 0 Å². The summed E-state index contributed by atoms with van der Waals surface area (Å²) in [4.78, 5) is 24.9. The first kappa shape index (κ1) is 20.3. The van der Waals surface area contributed by atoms with Gasteiger partial charge in [0.1, 0.15) is 0 Å². The van der Waals surface area contributed by atoms with E-state index >= 15 is 0 Å². The number of thiophene rings is 1. The average molecular weight is 442 g/mol. The predicted molar refractivity (Wildman–Crippen MR) is 115 cm³/mol. The molecule has 1 atom stereocenters. The summed E-state index contributed by atoms with van der Waals surface area (Å²) in [5, 5.41) is 1.76. The average Bonchev–Trinajstić information content (AvgIpc) is 3.39. The van der Waals surface area contributed by atoms with Gasteiger partial charge in [-0.1, -0.05) is 30.3 Å². The fraction of sp³-hybridized carbons (Fsp3) is 0.182. The Morgan fingerprint density at radius 3 is 2.67 bits per heavy atom. The number of fused-ring (bicyclic) bond motifs is 1. The van der Waals surface area contributed by atoms with Crippen LogP contribution in [-0.2, 0) is 21.2 Å². The van der Waals surface area contributed by atoms with Crippen LogP contribution in [0, 0.1) is 0 Å². The summed E-state index contributed by atoms with van der Waals surface area (Å²) in [6, 6.07) is 16.3. The van der Waals surface area contributed by atoms with Crippen molar-refractivity contribution in [3.8, 4) is 0 Å². The smallest absolute Gasteiger partial charge is 0.338 e. The first-order valence-electron chi connectivity index (χ1n) is 9.34. The molecule has 8 heteroatoms. The molecule has 0 saturated heterocycles. The van der Waals surface area contributed by atoms with Crippen LogP contribution in [0.2, 0.25) is 0 Å². The molecule has 0 amide bonds. The SMILES string of the molecule is C[C@H]1Cc2ccccc2N1S(=O)(=O)c1cccc(C(=O)OCC(=O)c2cccs2)c1. The van der Waals surface area contributed by atoms with Crippen molar-refractivity contribution >= 4 is 38.8 Å². The number of sulfonamides is 1. The van der Waals surface area contributed by atoms with Crippen LogP contribution >= 0.6 is 11.3 Å². The number of ketones is 1. The predicted octanol–water partition coefficient (Wildman–Crippen LogP) is 3.93. The van der Waals surface area contributed by atoms with Gasteiger partial charge in [0, 0.05) is 6.04 Å². The number of ether oxygens (including phenoxy) is 1. The van der Waals surface area contributed by atoms with Gasteiger partial charge in [-0.15, -0.1) is 11.3 Å². The summed E-state index contributed by atoms with van der Waals surface area (Å²) in [5.74, 6) is -1.04. The third-order valence-electron chi connectivity index (χ3n) is 4.90. The van der Waals surface area contributed by atoms with Crippen LogP contribution in [0.1, 0.15) is 32.5 Å². The molecule has 2 aromatic carbocycles. The highest BCUT2D eigenvalue weighted by Gasteiger charge is 2.36. The molecule has 1 aromatic heterocycles. The summed E-state index contributed by atoms with van der Waals surface area (Å²) in [7, 11) is -3.86. The van der Waals surface area contributed by atoms with Crippen LogP contribution in [0.5, 0.6) is 0 Å². The van der Waals surface area contributed by atoms with Gasteiger partial charge in [0.25, 0.3) is 10.0 Å². The Morgan fingerprint density at radius 1 is 1.10 bits per heavy atom. The second-order valence-corrected chi connectivity index (χ2v) is 9.75. The Hall–Kier alpha value is -2.97. The minimum absolute atomic E-state index is 0.00471. The van der Waals surface area contributed by atoms with Gasteiger partial charge in [0.15, 0.2) is 6.61 Å². The zero-order chi connectivity index (χ0) is 21.3. The molecule has 0 radical (unpaired) electrons. The Kier molecular flexibility index (Phi) is 5.44. The third-order valence-corrected chi connectivity index (χ3v) is 7.74. The number of hydrogen-bond donors (Lipinski definition) is 0. The van der Waals surface area contributed by atoms with Crippen LogP contribution in [0.3, 0.4) is 0 Å². The number of nitrogens with zero attached hydrogens (tertiary/aromatic N) is 1. The molecule has 3 aromatic rings. The highest BCUT2D eigenvalue weighted by molar-refractivity contribution is 7.92. The Labute approximate surface area is 178 Å². The number of carbonyl (C=O) groups is 2. The maximum Gasteiger partial charge on any atom is 0.338 e. The van der Waals surface area contributed by atoms with E-state index < -0.39 is 22.6 Å². The highest BCUT2D eigenvalue weighted by atomic mass is 32.2. The van der Waals surface area contributed by atoms with E-state index in [9.17, 15) is 18.0 Å². The zero-order valence-corrected chi connectivity index (χ0v) is 17.8. The lowest BCUT2D eigenvalue weighted by atomic mass is 10.1. The summed E-state index contributed by atoms with van der Waals surface area (Å²) < 4.78 is 33.1. The normalized spacial score (nSPS) is 15.6. The largest absolute Gasteiger partial charge is 0.454 e. The van der Waals surface area contributed by atoms with Gasteiger partial charge in [-0.25, -0.2) is 13.2 Å². The lowest BCUT2D eigenvalue weighted by molar-refractivity contribution is 0.0475. The van der Waals surface area contributed by atoms with Gasteiger partial charge in [-0.05, 0) is 54.6 Å². The van der Waals surface area contributed by atoms with Gasteiger partial charge in [-0.3, -0.25) is 9.10 Å². The molecule has 1 aliphatic heterocycles. The van der Waals surface area contributed by atoms with E-state index in [-0.39, 0.29) is 22.3 Å². The quantitative estimate of drug-likeness (QED) is 0.428. The third kappa shape index (κ3) is 3.76. The standard InChI is InChI=1S/C22H19NO5S2/c1-15-12-16-6-2-3-9-19(16)23(15)30(26,27)18-8-4-7-17(13-18)22(25)28-14-20(24)21-10-5-11-29-21/h2-11,13,15H,12,14H2,1H3/t15-/m0/s1. The summed E-state index contributed by atoms with van der Waals surface area (Å²) in [5.41, 5.74) is 1.70. The van der Waals surface area contributed by atoms with E-state index in [1.54, 1.807) is 29.6 Å². The molecule has 154 valence electrons. The van der Waals surface area contributed by atoms with Crippen molar-refractivity contribution in [2.45, 2.75) is 24.3 Å². The number of rotatable bonds is 6. The first-order chi connectivity index (χ1) is 14.4. The minimum Gasteiger partial charge on any atom is -0.454 e. The molecule has 0 spiro atoms. The lowest BCUT2D eigenvalue weighted by Crippen LogP contribution is -2.35. The van der Waals surface area contributed by atoms with E-state index in [1.807, 2.05) is 19.1 Å². The monoisotopic (exact) mass is 441 g/mol. The Balaban J connectivity index is 1.55.